The Morgan fingerprint density at radius 2 is 2.12 bits per heavy atom. The van der Waals surface area contributed by atoms with Crippen LogP contribution in [0.1, 0.15) is 22.8 Å². The van der Waals surface area contributed by atoms with Crippen LogP contribution in [-0.2, 0) is 4.79 Å². The number of hydrogen-bond donors (Lipinski definition) is 3. The number of carbonyl (C=O) groups is 2. The molecule has 0 aliphatic rings. The van der Waals surface area contributed by atoms with E-state index in [-0.39, 0.29) is 6.54 Å². The lowest BCUT2D eigenvalue weighted by atomic mass is 10.1. The van der Waals surface area contributed by atoms with Crippen molar-refractivity contribution in [1.29, 1.82) is 0 Å². The summed E-state index contributed by atoms with van der Waals surface area (Å²) in [5.74, 6) is -1.95. The number of nitrogens with two attached hydrogens (primary N) is 1. The predicted octanol–water partition coefficient (Wildman–Crippen LogP) is 1.23. The number of carboxylic acid groups (broad SMARTS) is 1. The first kappa shape index (κ1) is 13.0. The molecule has 1 unspecified atom stereocenters. The number of carboxylic acids is 1. The largest absolute Gasteiger partial charge is 0.481 e. The van der Waals surface area contributed by atoms with Gasteiger partial charge in [-0.05, 0) is 24.6 Å². The smallest absolute Gasteiger partial charge is 0.308 e. The van der Waals surface area contributed by atoms with Crippen LogP contribution in [0.25, 0.3) is 0 Å². The minimum Gasteiger partial charge on any atom is -0.481 e. The second-order valence-corrected chi connectivity index (χ2v) is 4.03. The molecule has 1 aromatic carbocycles. The summed E-state index contributed by atoms with van der Waals surface area (Å²) >= 11 is 0. The lowest BCUT2D eigenvalue weighted by Gasteiger charge is -2.13. The fourth-order valence-corrected chi connectivity index (χ4v) is 1.37. The Morgan fingerprint density at radius 1 is 1.47 bits per heavy atom. The molecule has 4 N–H and O–H groups in total. The Morgan fingerprint density at radius 3 is 2.65 bits per heavy atom. The van der Waals surface area contributed by atoms with Gasteiger partial charge in [0, 0.05) is 12.2 Å². The molecule has 0 radical (unpaired) electrons. The molecule has 1 rings (SSSR count). The van der Waals surface area contributed by atoms with E-state index in [1.54, 1.807) is 25.1 Å². The first-order valence-corrected chi connectivity index (χ1v) is 5.29. The van der Waals surface area contributed by atoms with Gasteiger partial charge >= 0.3 is 5.97 Å². The van der Waals surface area contributed by atoms with Gasteiger partial charge in [-0.2, -0.15) is 0 Å². The maximum Gasteiger partial charge on any atom is 0.308 e. The summed E-state index contributed by atoms with van der Waals surface area (Å²) in [5.41, 5.74) is 7.15. The number of primary amides is 1. The quantitative estimate of drug-likeness (QED) is 0.716. The molecule has 0 saturated carbocycles. The van der Waals surface area contributed by atoms with Crippen LogP contribution >= 0.6 is 0 Å². The lowest BCUT2D eigenvalue weighted by Crippen LogP contribution is -2.21. The summed E-state index contributed by atoms with van der Waals surface area (Å²) in [6.45, 7) is 3.73. The number of aryl methyl sites for hydroxylation is 1. The number of amides is 1. The molecule has 0 aromatic heterocycles. The van der Waals surface area contributed by atoms with E-state index in [0.717, 1.165) is 5.56 Å². The third-order valence-electron chi connectivity index (χ3n) is 2.46. The number of benzene rings is 1. The maximum absolute atomic E-state index is 11.2. The van der Waals surface area contributed by atoms with E-state index in [1.165, 1.54) is 0 Å². The molecule has 17 heavy (non-hydrogen) atoms. The van der Waals surface area contributed by atoms with Crippen molar-refractivity contribution in [3.8, 4) is 0 Å². The highest BCUT2D eigenvalue weighted by Gasteiger charge is 2.13. The molecule has 5 heteroatoms. The van der Waals surface area contributed by atoms with Crippen molar-refractivity contribution >= 4 is 17.6 Å². The summed E-state index contributed by atoms with van der Waals surface area (Å²) in [4.78, 5) is 21.9. The van der Waals surface area contributed by atoms with Gasteiger partial charge in [-0.1, -0.05) is 13.0 Å². The van der Waals surface area contributed by atoms with E-state index in [9.17, 15) is 9.59 Å². The van der Waals surface area contributed by atoms with Crippen LogP contribution in [-0.4, -0.2) is 23.5 Å². The van der Waals surface area contributed by atoms with Gasteiger partial charge in [0.25, 0.3) is 5.91 Å². The van der Waals surface area contributed by atoms with Crippen LogP contribution in [0.5, 0.6) is 0 Å². The fraction of sp³-hybridized carbons (Fsp3) is 0.333. The highest BCUT2D eigenvalue weighted by molar-refractivity contribution is 5.98. The molecule has 1 aromatic rings. The van der Waals surface area contributed by atoms with Crippen LogP contribution in [0, 0.1) is 12.8 Å². The van der Waals surface area contributed by atoms with Crippen molar-refractivity contribution in [2.24, 2.45) is 11.7 Å². The third-order valence-corrected chi connectivity index (χ3v) is 2.46. The predicted molar refractivity (Wildman–Crippen MR) is 65.0 cm³/mol. The second kappa shape index (κ2) is 5.34. The van der Waals surface area contributed by atoms with E-state index in [1.807, 2.05) is 6.92 Å². The zero-order valence-corrected chi connectivity index (χ0v) is 9.86. The van der Waals surface area contributed by atoms with Crippen molar-refractivity contribution in [1.82, 2.24) is 0 Å². The Bertz CT molecular complexity index is 443. The molecule has 0 fully saturated rings. The standard InChI is InChI=1S/C12H16N2O3/c1-7-3-4-9(11(13)15)10(5-7)14-6-8(2)12(16)17/h3-5,8,14H,6H2,1-2H3,(H2,13,15)(H,16,17). The first-order chi connectivity index (χ1) is 7.91. The molecular weight excluding hydrogens is 220 g/mol. The zero-order chi connectivity index (χ0) is 13.0. The Labute approximate surface area is 99.6 Å². The van der Waals surface area contributed by atoms with Gasteiger partial charge in [0.15, 0.2) is 0 Å². The average Bonchev–Trinajstić information content (AvgIpc) is 2.25. The number of aliphatic carboxylic acids is 1. The minimum atomic E-state index is -0.884. The summed E-state index contributed by atoms with van der Waals surface area (Å²) in [7, 11) is 0. The molecule has 0 spiro atoms. The molecule has 92 valence electrons. The monoisotopic (exact) mass is 236 g/mol. The van der Waals surface area contributed by atoms with Gasteiger partial charge in [0.2, 0.25) is 0 Å². The topological polar surface area (TPSA) is 92.4 Å². The van der Waals surface area contributed by atoms with Gasteiger partial charge in [-0.3, -0.25) is 9.59 Å². The highest BCUT2D eigenvalue weighted by Crippen LogP contribution is 2.17. The fourth-order valence-electron chi connectivity index (χ4n) is 1.37. The molecule has 0 heterocycles. The second-order valence-electron chi connectivity index (χ2n) is 4.03. The van der Waals surface area contributed by atoms with Crippen molar-refractivity contribution < 1.29 is 14.7 Å². The van der Waals surface area contributed by atoms with E-state index < -0.39 is 17.8 Å². The first-order valence-electron chi connectivity index (χ1n) is 5.29. The Kier molecular flexibility index (Phi) is 4.09. The van der Waals surface area contributed by atoms with Gasteiger partial charge < -0.3 is 16.2 Å². The molecule has 5 nitrogen and oxygen atoms in total. The molecule has 0 saturated heterocycles. The van der Waals surface area contributed by atoms with Gasteiger partial charge in [0.05, 0.1) is 11.5 Å². The van der Waals surface area contributed by atoms with Gasteiger partial charge in [0.1, 0.15) is 0 Å². The van der Waals surface area contributed by atoms with E-state index in [4.69, 9.17) is 10.8 Å². The van der Waals surface area contributed by atoms with E-state index >= 15 is 0 Å². The lowest BCUT2D eigenvalue weighted by molar-refractivity contribution is -0.140. The minimum absolute atomic E-state index is 0.249. The SMILES string of the molecule is Cc1ccc(C(N)=O)c(NCC(C)C(=O)O)c1. The number of anilines is 1. The van der Waals surface area contributed by atoms with Crippen molar-refractivity contribution in [3.63, 3.8) is 0 Å². The zero-order valence-electron chi connectivity index (χ0n) is 9.86. The molecule has 0 bridgehead atoms. The van der Waals surface area contributed by atoms with E-state index in [0.29, 0.717) is 11.3 Å². The maximum atomic E-state index is 11.2. The summed E-state index contributed by atoms with van der Waals surface area (Å²) in [6, 6.07) is 5.19. The van der Waals surface area contributed by atoms with Crippen LogP contribution in [0.15, 0.2) is 18.2 Å². The summed E-state index contributed by atoms with van der Waals surface area (Å²) in [6.07, 6.45) is 0. The third kappa shape index (κ3) is 3.48. The van der Waals surface area contributed by atoms with Crippen LogP contribution in [0.2, 0.25) is 0 Å². The highest BCUT2D eigenvalue weighted by atomic mass is 16.4. The van der Waals surface area contributed by atoms with Crippen molar-refractivity contribution in [3.05, 3.63) is 29.3 Å². The van der Waals surface area contributed by atoms with Gasteiger partial charge in [-0.25, -0.2) is 0 Å². The normalized spacial score (nSPS) is 11.9. The van der Waals surface area contributed by atoms with Crippen molar-refractivity contribution in [2.75, 3.05) is 11.9 Å². The number of rotatable bonds is 5. The number of nitrogens with one attached hydrogen (secondary N) is 1. The molecular formula is C12H16N2O3. The Hall–Kier alpha value is -2.04. The van der Waals surface area contributed by atoms with E-state index in [2.05, 4.69) is 5.32 Å². The summed E-state index contributed by atoms with van der Waals surface area (Å²) in [5, 5.41) is 11.7. The number of hydrogen-bond acceptors (Lipinski definition) is 3. The molecule has 0 aliphatic heterocycles. The Balaban J connectivity index is 2.85. The molecule has 1 amide bonds. The average molecular weight is 236 g/mol. The molecule has 1 atom stereocenters. The van der Waals surface area contributed by atoms with Crippen LogP contribution in [0.3, 0.4) is 0 Å². The summed E-state index contributed by atoms with van der Waals surface area (Å²) < 4.78 is 0. The van der Waals surface area contributed by atoms with Crippen LogP contribution < -0.4 is 11.1 Å². The molecule has 0 aliphatic carbocycles. The van der Waals surface area contributed by atoms with Crippen LogP contribution in [0.4, 0.5) is 5.69 Å². The van der Waals surface area contributed by atoms with Gasteiger partial charge in [-0.15, -0.1) is 0 Å². The van der Waals surface area contributed by atoms with Crippen molar-refractivity contribution in [2.45, 2.75) is 13.8 Å². The number of carbonyl (C=O) groups excluding carboxylic acids is 1.